The number of fused-ring (bicyclic) bond motifs is 1. The standard InChI is InChI=1S/C16H15ClN2OS2/c1-9-7-8-13-16(18-11(3)21-13)15(9)19-22(20)14-6-4-5-12(17)10(14)2/h4-8,19H,1-3H3. The number of hydrogen-bond donors (Lipinski definition) is 1. The van der Waals surface area contributed by atoms with Crippen molar-refractivity contribution in [2.75, 3.05) is 4.72 Å². The minimum absolute atomic E-state index is 0.618. The molecule has 1 aromatic heterocycles. The maximum atomic E-state index is 12.7. The Morgan fingerprint density at radius 1 is 1.18 bits per heavy atom. The maximum absolute atomic E-state index is 12.7. The Labute approximate surface area is 140 Å². The van der Waals surface area contributed by atoms with E-state index in [0.29, 0.717) is 9.92 Å². The minimum Gasteiger partial charge on any atom is -0.299 e. The zero-order valence-electron chi connectivity index (χ0n) is 12.4. The third kappa shape index (κ3) is 2.76. The van der Waals surface area contributed by atoms with Crippen molar-refractivity contribution >= 4 is 49.8 Å². The first-order valence-electron chi connectivity index (χ1n) is 6.77. The molecule has 0 amide bonds. The Bertz CT molecular complexity index is 889. The van der Waals surface area contributed by atoms with Crippen LogP contribution in [0.3, 0.4) is 0 Å². The Hall–Kier alpha value is -1.43. The van der Waals surface area contributed by atoms with Crippen LogP contribution >= 0.6 is 22.9 Å². The van der Waals surface area contributed by atoms with Crippen LogP contribution in [0.15, 0.2) is 35.2 Å². The van der Waals surface area contributed by atoms with E-state index in [4.69, 9.17) is 11.6 Å². The molecule has 0 aliphatic heterocycles. The second kappa shape index (κ2) is 5.99. The average molecular weight is 351 g/mol. The highest BCUT2D eigenvalue weighted by atomic mass is 35.5. The predicted molar refractivity (Wildman–Crippen MR) is 95.3 cm³/mol. The zero-order chi connectivity index (χ0) is 15.9. The van der Waals surface area contributed by atoms with Crippen molar-refractivity contribution < 1.29 is 4.21 Å². The van der Waals surface area contributed by atoms with Crippen LogP contribution in [0, 0.1) is 20.8 Å². The molecule has 0 aliphatic rings. The summed E-state index contributed by atoms with van der Waals surface area (Å²) in [4.78, 5) is 5.25. The molecular weight excluding hydrogens is 336 g/mol. The fourth-order valence-electron chi connectivity index (χ4n) is 2.27. The highest BCUT2D eigenvalue weighted by Gasteiger charge is 2.14. The zero-order valence-corrected chi connectivity index (χ0v) is 14.8. The van der Waals surface area contributed by atoms with Gasteiger partial charge in [0.15, 0.2) is 11.0 Å². The Balaban J connectivity index is 2.04. The smallest absolute Gasteiger partial charge is 0.150 e. The van der Waals surface area contributed by atoms with Crippen LogP contribution in [-0.2, 0) is 11.0 Å². The SMILES string of the molecule is Cc1nc2c(NS(=O)c3cccc(Cl)c3C)c(C)ccc2s1. The van der Waals surface area contributed by atoms with Gasteiger partial charge < -0.3 is 0 Å². The van der Waals surface area contributed by atoms with Gasteiger partial charge in [0.2, 0.25) is 0 Å². The summed E-state index contributed by atoms with van der Waals surface area (Å²) in [5.74, 6) is 0. The number of rotatable bonds is 3. The summed E-state index contributed by atoms with van der Waals surface area (Å²) in [5.41, 5.74) is 3.54. The largest absolute Gasteiger partial charge is 0.299 e. The van der Waals surface area contributed by atoms with Gasteiger partial charge in [0, 0.05) is 5.02 Å². The highest BCUT2D eigenvalue weighted by Crippen LogP contribution is 2.32. The first kappa shape index (κ1) is 15.5. The lowest BCUT2D eigenvalue weighted by Gasteiger charge is -2.12. The molecule has 3 nitrogen and oxygen atoms in total. The van der Waals surface area contributed by atoms with Crippen LogP contribution in [0.4, 0.5) is 5.69 Å². The van der Waals surface area contributed by atoms with Gasteiger partial charge in [-0.1, -0.05) is 23.7 Å². The monoisotopic (exact) mass is 350 g/mol. The number of halogens is 1. The van der Waals surface area contributed by atoms with Gasteiger partial charge in [0.1, 0.15) is 5.52 Å². The van der Waals surface area contributed by atoms with Crippen LogP contribution in [0.2, 0.25) is 5.02 Å². The number of hydrogen-bond acceptors (Lipinski definition) is 3. The summed E-state index contributed by atoms with van der Waals surface area (Å²) < 4.78 is 16.9. The Morgan fingerprint density at radius 3 is 2.73 bits per heavy atom. The van der Waals surface area contributed by atoms with Crippen LogP contribution in [-0.4, -0.2) is 9.19 Å². The predicted octanol–water partition coefficient (Wildman–Crippen LogP) is 5.01. The molecule has 0 bridgehead atoms. The molecule has 0 aliphatic carbocycles. The molecule has 6 heteroatoms. The molecule has 0 saturated heterocycles. The molecule has 22 heavy (non-hydrogen) atoms. The van der Waals surface area contributed by atoms with E-state index in [1.54, 1.807) is 17.4 Å². The lowest BCUT2D eigenvalue weighted by atomic mass is 10.2. The van der Waals surface area contributed by atoms with Gasteiger partial charge in [-0.05, 0) is 50.1 Å². The normalized spacial score (nSPS) is 12.5. The van der Waals surface area contributed by atoms with Crippen molar-refractivity contribution in [2.45, 2.75) is 25.7 Å². The summed E-state index contributed by atoms with van der Waals surface area (Å²) in [6, 6.07) is 9.50. The topological polar surface area (TPSA) is 42.0 Å². The Morgan fingerprint density at radius 2 is 1.95 bits per heavy atom. The number of nitrogens with one attached hydrogen (secondary N) is 1. The van der Waals surface area contributed by atoms with Crippen LogP contribution in [0.5, 0.6) is 0 Å². The molecule has 1 unspecified atom stereocenters. The van der Waals surface area contributed by atoms with Crippen molar-refractivity contribution in [3.8, 4) is 0 Å². The average Bonchev–Trinajstić information content (AvgIpc) is 2.85. The lowest BCUT2D eigenvalue weighted by Crippen LogP contribution is -2.08. The van der Waals surface area contributed by atoms with Crippen LogP contribution < -0.4 is 4.72 Å². The van der Waals surface area contributed by atoms with Gasteiger partial charge in [-0.15, -0.1) is 11.3 Å². The van der Waals surface area contributed by atoms with Crippen molar-refractivity contribution in [3.63, 3.8) is 0 Å². The third-order valence-electron chi connectivity index (χ3n) is 3.49. The van der Waals surface area contributed by atoms with Crippen LogP contribution in [0.1, 0.15) is 16.1 Å². The molecule has 0 fully saturated rings. The number of nitrogens with zero attached hydrogens (tertiary/aromatic N) is 1. The molecule has 1 atom stereocenters. The highest BCUT2D eigenvalue weighted by molar-refractivity contribution is 7.86. The van der Waals surface area contributed by atoms with Gasteiger partial charge in [-0.3, -0.25) is 4.72 Å². The molecule has 0 radical (unpaired) electrons. The van der Waals surface area contributed by atoms with E-state index < -0.39 is 11.0 Å². The van der Waals surface area contributed by atoms with E-state index in [2.05, 4.69) is 9.71 Å². The second-order valence-corrected chi connectivity index (χ2v) is 7.89. The molecule has 3 rings (SSSR count). The third-order valence-corrected chi connectivity index (χ3v) is 6.07. The van der Waals surface area contributed by atoms with E-state index in [1.165, 1.54) is 0 Å². The number of anilines is 1. The molecule has 1 heterocycles. The maximum Gasteiger partial charge on any atom is 0.150 e. The van der Waals surface area contributed by atoms with Gasteiger partial charge in [0.05, 0.1) is 20.3 Å². The van der Waals surface area contributed by atoms with Gasteiger partial charge in [-0.25, -0.2) is 9.19 Å². The van der Waals surface area contributed by atoms with Crippen molar-refractivity contribution in [2.24, 2.45) is 0 Å². The van der Waals surface area contributed by atoms with E-state index in [1.807, 2.05) is 45.0 Å². The quantitative estimate of drug-likeness (QED) is 0.721. The number of aryl methyl sites for hydroxylation is 2. The molecule has 114 valence electrons. The summed E-state index contributed by atoms with van der Waals surface area (Å²) >= 11 is 7.75. The number of thiazole rings is 1. The molecule has 0 spiro atoms. The van der Waals surface area contributed by atoms with Crippen molar-refractivity contribution in [1.82, 2.24) is 4.98 Å². The fourth-order valence-corrected chi connectivity index (χ4v) is 4.48. The summed E-state index contributed by atoms with van der Waals surface area (Å²) in [6.45, 7) is 5.83. The van der Waals surface area contributed by atoms with E-state index in [9.17, 15) is 4.21 Å². The van der Waals surface area contributed by atoms with Gasteiger partial charge >= 0.3 is 0 Å². The van der Waals surface area contributed by atoms with Gasteiger partial charge in [-0.2, -0.15) is 0 Å². The fraction of sp³-hybridized carbons (Fsp3) is 0.188. The van der Waals surface area contributed by atoms with Crippen LogP contribution in [0.25, 0.3) is 10.2 Å². The number of benzene rings is 2. The summed E-state index contributed by atoms with van der Waals surface area (Å²) in [5, 5.41) is 1.61. The lowest BCUT2D eigenvalue weighted by molar-refractivity contribution is 0.686. The van der Waals surface area contributed by atoms with E-state index >= 15 is 0 Å². The number of aromatic nitrogens is 1. The molecular formula is C16H15ClN2OS2. The summed E-state index contributed by atoms with van der Waals surface area (Å²) in [6.07, 6.45) is 0. The first-order chi connectivity index (χ1) is 10.5. The van der Waals surface area contributed by atoms with Crippen molar-refractivity contribution in [3.05, 3.63) is 51.5 Å². The minimum atomic E-state index is -1.38. The molecule has 0 saturated carbocycles. The van der Waals surface area contributed by atoms with Gasteiger partial charge in [0.25, 0.3) is 0 Å². The molecule has 1 N–H and O–H groups in total. The Kier molecular flexibility index (Phi) is 4.21. The van der Waals surface area contributed by atoms with Crippen molar-refractivity contribution in [1.29, 1.82) is 0 Å². The van der Waals surface area contributed by atoms with E-state index in [0.717, 1.165) is 32.0 Å². The summed E-state index contributed by atoms with van der Waals surface area (Å²) in [7, 11) is -1.38. The first-order valence-corrected chi connectivity index (χ1v) is 9.12. The molecule has 2 aromatic carbocycles. The second-order valence-electron chi connectivity index (χ2n) is 5.07. The van der Waals surface area contributed by atoms with E-state index in [-0.39, 0.29) is 0 Å². The molecule has 3 aromatic rings.